The van der Waals surface area contributed by atoms with Gasteiger partial charge < -0.3 is 24.6 Å². The Labute approximate surface area is 170 Å². The van der Waals surface area contributed by atoms with Crippen molar-refractivity contribution in [2.24, 2.45) is 10.9 Å². The molecule has 28 heavy (non-hydrogen) atoms. The molecule has 1 unspecified atom stereocenters. The highest BCUT2D eigenvalue weighted by atomic mass is 16.5. The van der Waals surface area contributed by atoms with Gasteiger partial charge in [0.2, 0.25) is 0 Å². The summed E-state index contributed by atoms with van der Waals surface area (Å²) in [5.41, 5.74) is 1.29. The lowest BCUT2D eigenvalue weighted by atomic mass is 10.1. The number of likely N-dealkylation sites (tertiary alicyclic amines) is 1. The van der Waals surface area contributed by atoms with Gasteiger partial charge in [-0.3, -0.25) is 4.99 Å². The number of benzene rings is 1. The van der Waals surface area contributed by atoms with E-state index >= 15 is 0 Å². The van der Waals surface area contributed by atoms with E-state index in [1.54, 1.807) is 7.11 Å². The van der Waals surface area contributed by atoms with Crippen LogP contribution >= 0.6 is 0 Å². The third-order valence-corrected chi connectivity index (χ3v) is 5.06. The summed E-state index contributed by atoms with van der Waals surface area (Å²) in [6.07, 6.45) is 2.21. The van der Waals surface area contributed by atoms with E-state index in [4.69, 9.17) is 14.5 Å². The maximum atomic E-state index is 5.71. The maximum Gasteiger partial charge on any atom is 0.193 e. The van der Waals surface area contributed by atoms with Gasteiger partial charge in [-0.25, -0.2) is 0 Å². The van der Waals surface area contributed by atoms with E-state index in [9.17, 15) is 0 Å². The summed E-state index contributed by atoms with van der Waals surface area (Å²) >= 11 is 0. The van der Waals surface area contributed by atoms with Crippen molar-refractivity contribution in [2.45, 2.75) is 26.7 Å². The van der Waals surface area contributed by atoms with Crippen LogP contribution in [0.2, 0.25) is 0 Å². The minimum atomic E-state index is 0.578. The summed E-state index contributed by atoms with van der Waals surface area (Å²) < 4.78 is 10.7. The lowest BCUT2D eigenvalue weighted by Gasteiger charge is -2.24. The molecule has 6 nitrogen and oxygen atoms in total. The molecule has 0 saturated carbocycles. The Morgan fingerprint density at radius 1 is 1.25 bits per heavy atom. The maximum absolute atomic E-state index is 5.71. The standard InChI is InChI=1S/C22H38N4O2/c1-4-23-22(26-15-12-20(18-26)19-28-17-16-27-3)24-13-9-14-25(5-2)21-10-7-6-8-11-21/h6-8,10-11,20H,4-5,9,12-19H2,1-3H3,(H,23,24). The fourth-order valence-corrected chi connectivity index (χ4v) is 3.53. The quantitative estimate of drug-likeness (QED) is 0.338. The van der Waals surface area contributed by atoms with Crippen molar-refractivity contribution in [3.63, 3.8) is 0 Å². The highest BCUT2D eigenvalue weighted by molar-refractivity contribution is 5.80. The van der Waals surface area contributed by atoms with Crippen molar-refractivity contribution in [1.82, 2.24) is 10.2 Å². The summed E-state index contributed by atoms with van der Waals surface area (Å²) in [5.74, 6) is 1.62. The van der Waals surface area contributed by atoms with Crippen LogP contribution in [0.5, 0.6) is 0 Å². The molecule has 1 atom stereocenters. The largest absolute Gasteiger partial charge is 0.382 e. The van der Waals surface area contributed by atoms with Crippen LogP contribution < -0.4 is 10.2 Å². The van der Waals surface area contributed by atoms with Gasteiger partial charge in [-0.1, -0.05) is 18.2 Å². The molecule has 158 valence electrons. The summed E-state index contributed by atoms with van der Waals surface area (Å²) in [5, 5.41) is 3.46. The SMILES string of the molecule is CCNC(=NCCCN(CC)c1ccccc1)N1CCC(COCCOC)C1. The van der Waals surface area contributed by atoms with Crippen molar-refractivity contribution in [3.05, 3.63) is 30.3 Å². The molecular formula is C22H38N4O2. The lowest BCUT2D eigenvalue weighted by Crippen LogP contribution is -2.40. The number of rotatable bonds is 12. The van der Waals surface area contributed by atoms with Crippen LogP contribution in [0.1, 0.15) is 26.7 Å². The number of anilines is 1. The van der Waals surface area contributed by atoms with E-state index < -0.39 is 0 Å². The van der Waals surface area contributed by atoms with Crippen LogP contribution in [-0.4, -0.2) is 77.1 Å². The molecule has 1 aromatic carbocycles. The molecule has 0 aliphatic carbocycles. The molecule has 0 aromatic heterocycles. The van der Waals surface area contributed by atoms with Gasteiger partial charge in [-0.15, -0.1) is 0 Å². The topological polar surface area (TPSA) is 49.3 Å². The van der Waals surface area contributed by atoms with Crippen molar-refractivity contribution >= 4 is 11.6 Å². The van der Waals surface area contributed by atoms with Gasteiger partial charge >= 0.3 is 0 Å². The van der Waals surface area contributed by atoms with Crippen LogP contribution in [0.4, 0.5) is 5.69 Å². The smallest absolute Gasteiger partial charge is 0.193 e. The van der Waals surface area contributed by atoms with E-state index in [2.05, 4.69) is 59.3 Å². The van der Waals surface area contributed by atoms with Gasteiger partial charge in [-0.05, 0) is 38.8 Å². The number of aliphatic imine (C=N–C) groups is 1. The van der Waals surface area contributed by atoms with Crippen LogP contribution in [0.15, 0.2) is 35.3 Å². The number of methoxy groups -OCH3 is 1. The summed E-state index contributed by atoms with van der Waals surface area (Å²) in [6.45, 7) is 12.3. The van der Waals surface area contributed by atoms with Crippen LogP contribution in [-0.2, 0) is 9.47 Å². The summed E-state index contributed by atoms with van der Waals surface area (Å²) in [4.78, 5) is 9.67. The Morgan fingerprint density at radius 3 is 2.79 bits per heavy atom. The molecule has 1 aliphatic rings. The summed E-state index contributed by atoms with van der Waals surface area (Å²) in [6, 6.07) is 10.6. The van der Waals surface area contributed by atoms with E-state index in [0.717, 1.165) is 64.7 Å². The molecule has 1 saturated heterocycles. The van der Waals surface area contributed by atoms with Gasteiger partial charge in [-0.2, -0.15) is 0 Å². The van der Waals surface area contributed by atoms with Gasteiger partial charge in [0.1, 0.15) is 0 Å². The minimum Gasteiger partial charge on any atom is -0.382 e. The Hall–Kier alpha value is -1.79. The van der Waals surface area contributed by atoms with Crippen LogP contribution in [0.25, 0.3) is 0 Å². The zero-order valence-corrected chi connectivity index (χ0v) is 17.9. The number of nitrogens with one attached hydrogen (secondary N) is 1. The molecular weight excluding hydrogens is 352 g/mol. The molecule has 0 amide bonds. The first-order valence-electron chi connectivity index (χ1n) is 10.7. The molecule has 0 bridgehead atoms. The number of guanidine groups is 1. The number of nitrogens with zero attached hydrogens (tertiary/aromatic N) is 3. The van der Waals surface area contributed by atoms with Gasteiger partial charge in [0.25, 0.3) is 0 Å². The Balaban J connectivity index is 1.77. The van der Waals surface area contributed by atoms with Gasteiger partial charge in [0.05, 0.1) is 19.8 Å². The molecule has 1 aliphatic heterocycles. The normalized spacial score (nSPS) is 17.2. The second-order valence-electron chi connectivity index (χ2n) is 7.17. The zero-order valence-electron chi connectivity index (χ0n) is 17.9. The molecule has 2 rings (SSSR count). The van der Waals surface area contributed by atoms with E-state index in [1.807, 2.05) is 0 Å². The number of hydrogen-bond donors (Lipinski definition) is 1. The second kappa shape index (κ2) is 13.4. The molecule has 0 radical (unpaired) electrons. The van der Waals surface area contributed by atoms with Crippen LogP contribution in [0, 0.1) is 5.92 Å². The van der Waals surface area contributed by atoms with Crippen molar-refractivity contribution in [3.8, 4) is 0 Å². The Morgan fingerprint density at radius 2 is 2.07 bits per heavy atom. The second-order valence-corrected chi connectivity index (χ2v) is 7.17. The van der Waals surface area contributed by atoms with Gasteiger partial charge in [0.15, 0.2) is 5.96 Å². The molecule has 1 aromatic rings. The molecule has 6 heteroatoms. The monoisotopic (exact) mass is 390 g/mol. The predicted octanol–water partition coefficient (Wildman–Crippen LogP) is 2.85. The first-order valence-corrected chi connectivity index (χ1v) is 10.7. The first kappa shape index (κ1) is 22.5. The fraction of sp³-hybridized carbons (Fsp3) is 0.682. The third-order valence-electron chi connectivity index (χ3n) is 5.06. The molecule has 1 heterocycles. The molecule has 1 N–H and O–H groups in total. The summed E-state index contributed by atoms with van der Waals surface area (Å²) in [7, 11) is 1.71. The zero-order chi connectivity index (χ0) is 20.0. The molecule has 0 spiro atoms. The average Bonchev–Trinajstić information content (AvgIpc) is 3.20. The highest BCUT2D eigenvalue weighted by Gasteiger charge is 2.24. The Kier molecular flexibility index (Phi) is 10.8. The average molecular weight is 391 g/mol. The van der Waals surface area contributed by atoms with Gasteiger partial charge in [0, 0.05) is 58.0 Å². The number of hydrogen-bond acceptors (Lipinski definition) is 4. The van der Waals surface area contributed by atoms with Crippen molar-refractivity contribution in [1.29, 1.82) is 0 Å². The number of ether oxygens (including phenoxy) is 2. The fourth-order valence-electron chi connectivity index (χ4n) is 3.53. The minimum absolute atomic E-state index is 0.578. The van der Waals surface area contributed by atoms with E-state index in [0.29, 0.717) is 19.1 Å². The Bertz CT molecular complexity index is 553. The predicted molar refractivity (Wildman–Crippen MR) is 117 cm³/mol. The van der Waals surface area contributed by atoms with Crippen molar-refractivity contribution < 1.29 is 9.47 Å². The van der Waals surface area contributed by atoms with E-state index in [-0.39, 0.29) is 0 Å². The van der Waals surface area contributed by atoms with Crippen LogP contribution in [0.3, 0.4) is 0 Å². The van der Waals surface area contributed by atoms with Crippen molar-refractivity contribution in [2.75, 3.05) is 71.1 Å². The first-order chi connectivity index (χ1) is 13.8. The van der Waals surface area contributed by atoms with E-state index in [1.165, 1.54) is 5.69 Å². The highest BCUT2D eigenvalue weighted by Crippen LogP contribution is 2.17. The lowest BCUT2D eigenvalue weighted by molar-refractivity contribution is 0.0536. The third kappa shape index (κ3) is 7.68. The molecule has 1 fully saturated rings. The number of para-hydroxylation sites is 1.